The van der Waals surface area contributed by atoms with E-state index in [0.717, 1.165) is 18.3 Å². The van der Waals surface area contributed by atoms with Crippen molar-refractivity contribution >= 4 is 16.9 Å². The van der Waals surface area contributed by atoms with Crippen LogP contribution in [0.2, 0.25) is 0 Å². The first-order valence-corrected chi connectivity index (χ1v) is 5.33. The second-order valence-electron chi connectivity index (χ2n) is 2.67. The van der Waals surface area contributed by atoms with Gasteiger partial charge in [-0.2, -0.15) is 0 Å². The van der Waals surface area contributed by atoms with Gasteiger partial charge < -0.3 is 5.32 Å². The molecular formula is C8H16N2S. The van der Waals surface area contributed by atoms with Crippen LogP contribution in [-0.4, -0.2) is 24.0 Å². The van der Waals surface area contributed by atoms with Crippen molar-refractivity contribution in [2.45, 2.75) is 26.2 Å². The Kier molecular flexibility index (Phi) is 4.43. The van der Waals surface area contributed by atoms with E-state index in [-0.39, 0.29) is 0 Å². The minimum absolute atomic E-state index is 0.968. The van der Waals surface area contributed by atoms with Crippen molar-refractivity contribution in [1.82, 2.24) is 5.32 Å². The number of aliphatic imine (C=N–C) groups is 1. The van der Waals surface area contributed by atoms with Gasteiger partial charge in [-0.05, 0) is 6.42 Å². The predicted molar refractivity (Wildman–Crippen MR) is 52.3 cm³/mol. The Morgan fingerprint density at radius 3 is 3.09 bits per heavy atom. The summed E-state index contributed by atoms with van der Waals surface area (Å²) in [6, 6.07) is 0. The molecule has 0 spiro atoms. The van der Waals surface area contributed by atoms with Gasteiger partial charge in [0.2, 0.25) is 0 Å². The zero-order chi connectivity index (χ0) is 7.94. The molecule has 0 aromatic carbocycles. The van der Waals surface area contributed by atoms with E-state index in [1.807, 2.05) is 11.8 Å². The summed E-state index contributed by atoms with van der Waals surface area (Å²) in [4.78, 5) is 4.30. The standard InChI is InChI=1S/C8H16N2S/c1-2-3-4-7-11-8-9-5-6-10-8/h2-7H2,1H3,(H,9,10). The van der Waals surface area contributed by atoms with Gasteiger partial charge in [0.1, 0.15) is 0 Å². The van der Waals surface area contributed by atoms with Crippen molar-refractivity contribution in [3.05, 3.63) is 0 Å². The summed E-state index contributed by atoms with van der Waals surface area (Å²) in [7, 11) is 0. The van der Waals surface area contributed by atoms with Gasteiger partial charge in [0.25, 0.3) is 0 Å². The van der Waals surface area contributed by atoms with Crippen LogP contribution in [0.3, 0.4) is 0 Å². The summed E-state index contributed by atoms with van der Waals surface area (Å²) in [5.41, 5.74) is 0. The first kappa shape index (κ1) is 8.91. The van der Waals surface area contributed by atoms with E-state index in [4.69, 9.17) is 0 Å². The molecule has 0 atom stereocenters. The molecule has 1 aliphatic rings. The summed E-state index contributed by atoms with van der Waals surface area (Å²) in [5, 5.41) is 4.40. The maximum absolute atomic E-state index is 4.30. The minimum atomic E-state index is 0.968. The third-order valence-corrected chi connectivity index (χ3v) is 2.67. The molecule has 1 N–H and O–H groups in total. The van der Waals surface area contributed by atoms with Gasteiger partial charge in [0.15, 0.2) is 5.17 Å². The van der Waals surface area contributed by atoms with Crippen molar-refractivity contribution in [3.8, 4) is 0 Å². The van der Waals surface area contributed by atoms with Crippen LogP contribution in [0.5, 0.6) is 0 Å². The van der Waals surface area contributed by atoms with Crippen LogP contribution >= 0.6 is 11.8 Å². The van der Waals surface area contributed by atoms with Crippen molar-refractivity contribution in [3.63, 3.8) is 0 Å². The molecule has 0 fully saturated rings. The molecule has 1 rings (SSSR count). The summed E-state index contributed by atoms with van der Waals surface area (Å²) < 4.78 is 0. The Hall–Kier alpha value is -0.180. The maximum Gasteiger partial charge on any atom is 0.156 e. The highest BCUT2D eigenvalue weighted by Crippen LogP contribution is 2.08. The first-order chi connectivity index (χ1) is 5.43. The molecule has 1 aliphatic heterocycles. The Morgan fingerprint density at radius 1 is 1.55 bits per heavy atom. The van der Waals surface area contributed by atoms with Crippen molar-refractivity contribution in [2.24, 2.45) is 4.99 Å². The molecule has 0 bridgehead atoms. The van der Waals surface area contributed by atoms with Gasteiger partial charge in [-0.25, -0.2) is 0 Å². The Bertz CT molecular complexity index is 134. The van der Waals surface area contributed by atoms with Crippen molar-refractivity contribution in [2.75, 3.05) is 18.8 Å². The fourth-order valence-electron chi connectivity index (χ4n) is 0.994. The lowest BCUT2D eigenvalue weighted by molar-refractivity contribution is 0.779. The number of thioether (sulfide) groups is 1. The molecule has 0 radical (unpaired) electrons. The Labute approximate surface area is 72.9 Å². The molecule has 0 aliphatic carbocycles. The zero-order valence-corrected chi connectivity index (χ0v) is 7.91. The topological polar surface area (TPSA) is 24.4 Å². The average Bonchev–Trinajstić information content (AvgIpc) is 2.50. The van der Waals surface area contributed by atoms with Crippen LogP contribution in [0.25, 0.3) is 0 Å². The highest BCUT2D eigenvalue weighted by atomic mass is 32.2. The Morgan fingerprint density at radius 2 is 2.45 bits per heavy atom. The third-order valence-electron chi connectivity index (χ3n) is 1.63. The molecule has 0 aromatic heterocycles. The van der Waals surface area contributed by atoms with E-state index in [9.17, 15) is 0 Å². The molecule has 11 heavy (non-hydrogen) atoms. The van der Waals surface area contributed by atoms with Crippen LogP contribution in [0, 0.1) is 0 Å². The third kappa shape index (κ3) is 3.65. The maximum atomic E-state index is 4.30. The smallest absolute Gasteiger partial charge is 0.156 e. The second-order valence-corrected chi connectivity index (χ2v) is 3.75. The van der Waals surface area contributed by atoms with Crippen LogP contribution in [0.15, 0.2) is 4.99 Å². The quantitative estimate of drug-likeness (QED) is 0.655. The van der Waals surface area contributed by atoms with E-state index >= 15 is 0 Å². The molecule has 0 saturated heterocycles. The van der Waals surface area contributed by atoms with Crippen LogP contribution in [0.1, 0.15) is 26.2 Å². The van der Waals surface area contributed by atoms with Gasteiger partial charge in [-0.1, -0.05) is 31.5 Å². The van der Waals surface area contributed by atoms with Gasteiger partial charge in [0, 0.05) is 12.3 Å². The largest absolute Gasteiger partial charge is 0.363 e. The second kappa shape index (κ2) is 5.47. The molecule has 1 heterocycles. The van der Waals surface area contributed by atoms with Gasteiger partial charge >= 0.3 is 0 Å². The molecule has 3 heteroatoms. The average molecular weight is 172 g/mol. The zero-order valence-electron chi connectivity index (χ0n) is 7.10. The van der Waals surface area contributed by atoms with E-state index in [1.54, 1.807) is 0 Å². The highest BCUT2D eigenvalue weighted by Gasteiger charge is 2.03. The molecule has 64 valence electrons. The number of hydrogen-bond donors (Lipinski definition) is 1. The lowest BCUT2D eigenvalue weighted by Gasteiger charge is -1.99. The van der Waals surface area contributed by atoms with Gasteiger partial charge in [-0.3, -0.25) is 4.99 Å². The normalized spacial score (nSPS) is 16.3. The molecule has 0 saturated carbocycles. The fourth-order valence-corrected chi connectivity index (χ4v) is 1.92. The van der Waals surface area contributed by atoms with Gasteiger partial charge in [0.05, 0.1) is 6.54 Å². The molecular weight excluding hydrogens is 156 g/mol. The number of nitrogens with zero attached hydrogens (tertiary/aromatic N) is 1. The number of nitrogens with one attached hydrogen (secondary N) is 1. The number of rotatable bonds is 4. The van der Waals surface area contributed by atoms with Crippen LogP contribution < -0.4 is 5.32 Å². The van der Waals surface area contributed by atoms with Crippen molar-refractivity contribution in [1.29, 1.82) is 0 Å². The minimum Gasteiger partial charge on any atom is -0.363 e. The summed E-state index contributed by atoms with van der Waals surface area (Å²) in [6.07, 6.45) is 3.97. The highest BCUT2D eigenvalue weighted by molar-refractivity contribution is 8.13. The van der Waals surface area contributed by atoms with E-state index in [0.29, 0.717) is 0 Å². The van der Waals surface area contributed by atoms with Crippen molar-refractivity contribution < 1.29 is 0 Å². The Balaban J connectivity index is 1.94. The SMILES string of the molecule is CCCCCSC1=NCCN1. The predicted octanol–water partition coefficient (Wildman–Crippen LogP) is 1.87. The first-order valence-electron chi connectivity index (χ1n) is 4.34. The summed E-state index contributed by atoms with van der Waals surface area (Å²) in [6.45, 7) is 4.24. The van der Waals surface area contributed by atoms with E-state index < -0.39 is 0 Å². The number of hydrogen-bond acceptors (Lipinski definition) is 3. The molecule has 2 nitrogen and oxygen atoms in total. The summed E-state index contributed by atoms with van der Waals surface area (Å²) >= 11 is 1.86. The number of amidine groups is 1. The van der Waals surface area contributed by atoms with E-state index in [2.05, 4.69) is 17.2 Å². The fraction of sp³-hybridized carbons (Fsp3) is 0.875. The summed E-state index contributed by atoms with van der Waals surface area (Å²) in [5.74, 6) is 1.22. The molecule has 0 amide bonds. The lowest BCUT2D eigenvalue weighted by atomic mass is 10.3. The van der Waals surface area contributed by atoms with Gasteiger partial charge in [-0.15, -0.1) is 0 Å². The lowest BCUT2D eigenvalue weighted by Crippen LogP contribution is -2.15. The molecule has 0 unspecified atom stereocenters. The van der Waals surface area contributed by atoms with Crippen LogP contribution in [0.4, 0.5) is 0 Å². The molecule has 0 aromatic rings. The number of unbranched alkanes of at least 4 members (excludes halogenated alkanes) is 2. The van der Waals surface area contributed by atoms with E-state index in [1.165, 1.54) is 25.0 Å². The monoisotopic (exact) mass is 172 g/mol. The van der Waals surface area contributed by atoms with Crippen LogP contribution in [-0.2, 0) is 0 Å².